The van der Waals surface area contributed by atoms with Crippen LogP contribution in [0.1, 0.15) is 37.8 Å². The van der Waals surface area contributed by atoms with E-state index in [9.17, 15) is 27.9 Å². The SMILES string of the molecule is CC(=O)NCC1CC=C(C(=O)O)C(C)(c2ccc(Cl)c(C(F)(F)F)c2)C1. The molecule has 0 heterocycles. The van der Waals surface area contributed by atoms with E-state index in [1.165, 1.54) is 19.1 Å². The number of allylic oxidation sites excluding steroid dienone is 1. The van der Waals surface area contributed by atoms with Crippen molar-refractivity contribution in [1.82, 2.24) is 5.32 Å². The largest absolute Gasteiger partial charge is 0.478 e. The number of amides is 1. The van der Waals surface area contributed by atoms with Crippen molar-refractivity contribution in [2.45, 2.75) is 38.3 Å². The highest BCUT2D eigenvalue weighted by atomic mass is 35.5. The minimum absolute atomic E-state index is 0.0482. The Balaban J connectivity index is 2.48. The highest BCUT2D eigenvalue weighted by Crippen LogP contribution is 2.45. The van der Waals surface area contributed by atoms with Crippen molar-refractivity contribution in [2.75, 3.05) is 6.54 Å². The van der Waals surface area contributed by atoms with Crippen molar-refractivity contribution in [3.8, 4) is 0 Å². The molecule has 2 rings (SSSR count). The van der Waals surface area contributed by atoms with Gasteiger partial charge < -0.3 is 10.4 Å². The van der Waals surface area contributed by atoms with Crippen molar-refractivity contribution in [1.29, 1.82) is 0 Å². The van der Waals surface area contributed by atoms with Gasteiger partial charge in [0.05, 0.1) is 10.6 Å². The summed E-state index contributed by atoms with van der Waals surface area (Å²) in [7, 11) is 0. The van der Waals surface area contributed by atoms with Crippen molar-refractivity contribution >= 4 is 23.5 Å². The zero-order valence-electron chi connectivity index (χ0n) is 14.3. The summed E-state index contributed by atoms with van der Waals surface area (Å²) in [6, 6.07) is 3.48. The molecule has 2 unspecified atom stereocenters. The minimum Gasteiger partial charge on any atom is -0.478 e. The molecule has 0 saturated heterocycles. The Morgan fingerprint density at radius 2 is 2.04 bits per heavy atom. The third kappa shape index (κ3) is 4.20. The molecular weight excluding hydrogens is 371 g/mol. The summed E-state index contributed by atoms with van der Waals surface area (Å²) in [6.07, 6.45) is -2.39. The number of rotatable bonds is 4. The lowest BCUT2D eigenvalue weighted by molar-refractivity contribution is -0.137. The molecule has 1 aromatic rings. The molecule has 1 aromatic carbocycles. The number of carboxylic acids is 1. The van der Waals surface area contributed by atoms with Crippen LogP contribution in [0, 0.1) is 5.92 Å². The van der Waals surface area contributed by atoms with Crippen LogP contribution in [-0.4, -0.2) is 23.5 Å². The molecule has 0 fully saturated rings. The monoisotopic (exact) mass is 389 g/mol. The molecule has 0 radical (unpaired) electrons. The van der Waals surface area contributed by atoms with Gasteiger partial charge in [0.2, 0.25) is 5.91 Å². The molecule has 26 heavy (non-hydrogen) atoms. The molecule has 2 N–H and O–H groups in total. The summed E-state index contributed by atoms with van der Waals surface area (Å²) in [5, 5.41) is 11.8. The Morgan fingerprint density at radius 3 is 2.58 bits per heavy atom. The van der Waals surface area contributed by atoms with Crippen molar-refractivity contribution in [3.63, 3.8) is 0 Å². The van der Waals surface area contributed by atoms with Crippen molar-refractivity contribution in [3.05, 3.63) is 46.0 Å². The molecular formula is C18H19ClF3NO3. The average molecular weight is 390 g/mol. The molecule has 1 aliphatic rings. The number of carbonyl (C=O) groups is 2. The van der Waals surface area contributed by atoms with Crippen LogP contribution in [0.15, 0.2) is 29.8 Å². The topological polar surface area (TPSA) is 66.4 Å². The molecule has 4 nitrogen and oxygen atoms in total. The van der Waals surface area contributed by atoms with E-state index < -0.39 is 28.1 Å². The van der Waals surface area contributed by atoms with Gasteiger partial charge in [-0.05, 0) is 36.5 Å². The quantitative estimate of drug-likeness (QED) is 0.812. The Morgan fingerprint density at radius 1 is 1.38 bits per heavy atom. The maximum atomic E-state index is 13.2. The number of carbonyl (C=O) groups excluding carboxylic acids is 1. The molecule has 8 heteroatoms. The second-order valence-corrected chi connectivity index (χ2v) is 7.10. The van der Waals surface area contributed by atoms with Crippen LogP contribution < -0.4 is 5.32 Å². The fraction of sp³-hybridized carbons (Fsp3) is 0.444. The first-order valence-corrected chi connectivity index (χ1v) is 8.38. The van der Waals surface area contributed by atoms with Gasteiger partial charge in [-0.3, -0.25) is 4.79 Å². The zero-order chi connectivity index (χ0) is 19.7. The first-order valence-electron chi connectivity index (χ1n) is 8.00. The van der Waals surface area contributed by atoms with E-state index in [0.717, 1.165) is 12.1 Å². The third-order valence-electron chi connectivity index (χ3n) is 4.73. The van der Waals surface area contributed by atoms with E-state index in [1.54, 1.807) is 6.92 Å². The van der Waals surface area contributed by atoms with Crippen molar-refractivity contribution in [2.24, 2.45) is 5.92 Å². The molecule has 142 valence electrons. The summed E-state index contributed by atoms with van der Waals surface area (Å²) in [5.74, 6) is -1.48. The molecule has 0 bridgehead atoms. The van der Waals surface area contributed by atoms with Crippen LogP contribution in [-0.2, 0) is 21.2 Å². The fourth-order valence-corrected chi connectivity index (χ4v) is 3.63. The van der Waals surface area contributed by atoms with Gasteiger partial charge in [0.15, 0.2) is 0 Å². The van der Waals surface area contributed by atoms with E-state index in [-0.39, 0.29) is 23.0 Å². The van der Waals surface area contributed by atoms with Crippen LogP contribution in [0.2, 0.25) is 5.02 Å². The van der Waals surface area contributed by atoms with Gasteiger partial charge in [0.25, 0.3) is 0 Å². The average Bonchev–Trinajstić information content (AvgIpc) is 2.51. The summed E-state index contributed by atoms with van der Waals surface area (Å²) in [6.45, 7) is 3.31. The highest BCUT2D eigenvalue weighted by Gasteiger charge is 2.42. The van der Waals surface area contributed by atoms with Gasteiger partial charge in [0.1, 0.15) is 0 Å². The summed E-state index contributed by atoms with van der Waals surface area (Å²) in [4.78, 5) is 22.8. The van der Waals surface area contributed by atoms with E-state index >= 15 is 0 Å². The summed E-state index contributed by atoms with van der Waals surface area (Å²) < 4.78 is 39.6. The normalized spacial score (nSPS) is 23.3. The van der Waals surface area contributed by atoms with Crippen LogP contribution in [0.5, 0.6) is 0 Å². The second-order valence-electron chi connectivity index (χ2n) is 6.69. The number of benzene rings is 1. The number of hydrogen-bond donors (Lipinski definition) is 2. The zero-order valence-corrected chi connectivity index (χ0v) is 15.0. The molecule has 1 aliphatic carbocycles. The van der Waals surface area contributed by atoms with E-state index in [0.29, 0.717) is 19.4 Å². The standard InChI is InChI=1S/C18H19ClF3NO3/c1-10(24)23-9-11-3-5-13(16(25)26)17(2,8-11)12-4-6-15(19)14(7-12)18(20,21)22/h4-7,11H,3,8-9H2,1-2H3,(H,23,24)(H,25,26). The van der Waals surface area contributed by atoms with Crippen molar-refractivity contribution < 1.29 is 27.9 Å². The van der Waals surface area contributed by atoms with Crippen LogP contribution >= 0.6 is 11.6 Å². The number of hydrogen-bond acceptors (Lipinski definition) is 2. The lowest BCUT2D eigenvalue weighted by Crippen LogP contribution is -2.38. The number of alkyl halides is 3. The lowest BCUT2D eigenvalue weighted by Gasteiger charge is -2.38. The van der Waals surface area contributed by atoms with E-state index in [4.69, 9.17) is 11.6 Å². The number of nitrogens with one attached hydrogen (secondary N) is 1. The maximum absolute atomic E-state index is 13.2. The van der Waals surface area contributed by atoms with Gasteiger partial charge >= 0.3 is 12.1 Å². The maximum Gasteiger partial charge on any atom is 0.417 e. The fourth-order valence-electron chi connectivity index (χ4n) is 3.41. The Kier molecular flexibility index (Phi) is 5.70. The molecule has 0 aromatic heterocycles. The van der Waals surface area contributed by atoms with Crippen LogP contribution in [0.25, 0.3) is 0 Å². The van der Waals surface area contributed by atoms with Gasteiger partial charge in [-0.1, -0.05) is 30.7 Å². The van der Waals surface area contributed by atoms with Gasteiger partial charge in [-0.15, -0.1) is 0 Å². The van der Waals surface area contributed by atoms with E-state index in [1.807, 2.05) is 0 Å². The predicted octanol–water partition coefficient (Wildman–Crippen LogP) is 4.17. The number of aliphatic carboxylic acids is 1. The van der Waals surface area contributed by atoms with Gasteiger partial charge in [0, 0.05) is 24.5 Å². The van der Waals surface area contributed by atoms with Crippen LogP contribution in [0.4, 0.5) is 13.2 Å². The molecule has 2 atom stereocenters. The molecule has 0 saturated carbocycles. The lowest BCUT2D eigenvalue weighted by atomic mass is 9.66. The molecule has 0 spiro atoms. The smallest absolute Gasteiger partial charge is 0.417 e. The summed E-state index contributed by atoms with van der Waals surface area (Å²) in [5.41, 5.74) is -1.84. The predicted molar refractivity (Wildman–Crippen MR) is 90.9 cm³/mol. The van der Waals surface area contributed by atoms with Gasteiger partial charge in [-0.2, -0.15) is 13.2 Å². The first-order chi connectivity index (χ1) is 11.9. The molecule has 1 amide bonds. The number of halogens is 4. The van der Waals surface area contributed by atoms with Gasteiger partial charge in [-0.25, -0.2) is 4.79 Å². The second kappa shape index (κ2) is 7.31. The molecule has 0 aliphatic heterocycles. The minimum atomic E-state index is -4.64. The Hall–Kier alpha value is -2.02. The highest BCUT2D eigenvalue weighted by molar-refractivity contribution is 6.31. The Labute approximate surface area is 154 Å². The first kappa shape index (κ1) is 20.3. The van der Waals surface area contributed by atoms with Crippen LogP contribution in [0.3, 0.4) is 0 Å². The number of carboxylic acid groups (broad SMARTS) is 1. The van der Waals surface area contributed by atoms with E-state index in [2.05, 4.69) is 5.32 Å². The third-order valence-corrected chi connectivity index (χ3v) is 5.06. The Bertz CT molecular complexity index is 761. The summed E-state index contributed by atoms with van der Waals surface area (Å²) >= 11 is 5.68.